The molecule has 0 amide bonds. The molecule has 1 aromatic heterocycles. The van der Waals surface area contributed by atoms with Crippen LogP contribution in [0.4, 0.5) is 0 Å². The first-order chi connectivity index (χ1) is 8.49. The van der Waals surface area contributed by atoms with Crippen LogP contribution in [-0.4, -0.2) is 21.3 Å². The number of hydrogen-bond acceptors (Lipinski definition) is 3. The van der Waals surface area contributed by atoms with Crippen LogP contribution in [0.5, 0.6) is 0 Å². The highest BCUT2D eigenvalue weighted by Gasteiger charge is 2.14. The molecule has 0 unspecified atom stereocenters. The first kappa shape index (κ1) is 13.3. The summed E-state index contributed by atoms with van der Waals surface area (Å²) in [6.45, 7) is 0.434. The molecule has 1 heterocycles. The Morgan fingerprint density at radius 1 is 1.39 bits per heavy atom. The molecule has 2 rings (SSSR count). The van der Waals surface area contributed by atoms with Gasteiger partial charge in [0.25, 0.3) is 0 Å². The molecule has 98 valence electrons. The van der Waals surface area contributed by atoms with E-state index in [1.807, 2.05) is 18.3 Å². The molecule has 0 spiro atoms. The molecule has 1 aromatic carbocycles. The molecule has 0 radical (unpaired) electrons. The van der Waals surface area contributed by atoms with E-state index < -0.39 is 7.82 Å². The van der Waals surface area contributed by atoms with E-state index in [2.05, 4.69) is 9.51 Å². The number of rotatable bonds is 5. The number of hydrogen-bond donors (Lipinski definition) is 4. The summed E-state index contributed by atoms with van der Waals surface area (Å²) in [5, 5.41) is 1.01. The van der Waals surface area contributed by atoms with Crippen LogP contribution in [0.25, 0.3) is 10.9 Å². The molecule has 18 heavy (non-hydrogen) atoms. The van der Waals surface area contributed by atoms with Crippen LogP contribution in [0, 0.1) is 0 Å². The Bertz CT molecular complexity index is 590. The summed E-state index contributed by atoms with van der Waals surface area (Å²) < 4.78 is 15.1. The predicted molar refractivity (Wildman–Crippen MR) is 67.9 cm³/mol. The van der Waals surface area contributed by atoms with Crippen LogP contribution in [0.3, 0.4) is 0 Å². The Morgan fingerprint density at radius 2 is 2.17 bits per heavy atom. The van der Waals surface area contributed by atoms with Gasteiger partial charge >= 0.3 is 7.82 Å². The Kier molecular flexibility index (Phi) is 3.85. The van der Waals surface area contributed by atoms with Gasteiger partial charge in [-0.05, 0) is 36.2 Å². The van der Waals surface area contributed by atoms with Crippen molar-refractivity contribution in [3.8, 4) is 0 Å². The second kappa shape index (κ2) is 5.22. The van der Waals surface area contributed by atoms with Crippen LogP contribution >= 0.6 is 7.82 Å². The zero-order valence-electron chi connectivity index (χ0n) is 9.67. The number of fused-ring (bicyclic) bond motifs is 1. The molecule has 0 saturated heterocycles. The van der Waals surface area contributed by atoms with Gasteiger partial charge < -0.3 is 20.5 Å². The highest BCUT2D eigenvalue weighted by atomic mass is 31.2. The standard InChI is InChI=1S/C11H15N2O4P/c12-4-3-9-6-13-11-2-1-8(5-10(9)11)7-17-18(14,15)16/h1-2,5-6,13H,3-4,7,12H2,(H2,14,15,16). The molecule has 2 aromatic rings. The van der Waals surface area contributed by atoms with Crippen LogP contribution in [0.1, 0.15) is 11.1 Å². The number of benzene rings is 1. The second-order valence-electron chi connectivity index (χ2n) is 4.00. The van der Waals surface area contributed by atoms with E-state index in [1.54, 1.807) is 6.07 Å². The van der Waals surface area contributed by atoms with Crippen molar-refractivity contribution in [3.63, 3.8) is 0 Å². The van der Waals surface area contributed by atoms with E-state index in [0.29, 0.717) is 12.1 Å². The third-order valence-corrected chi connectivity index (χ3v) is 3.11. The molecule has 5 N–H and O–H groups in total. The smallest absolute Gasteiger partial charge is 0.361 e. The highest BCUT2D eigenvalue weighted by molar-refractivity contribution is 7.46. The van der Waals surface area contributed by atoms with Crippen molar-refractivity contribution < 1.29 is 18.9 Å². The Labute approximate surface area is 104 Å². The Morgan fingerprint density at radius 3 is 2.83 bits per heavy atom. The van der Waals surface area contributed by atoms with Crippen LogP contribution in [-0.2, 0) is 22.1 Å². The number of phosphoric ester groups is 1. The lowest BCUT2D eigenvalue weighted by Gasteiger charge is -2.05. The van der Waals surface area contributed by atoms with Crippen molar-refractivity contribution in [2.24, 2.45) is 5.73 Å². The van der Waals surface area contributed by atoms with Crippen LogP contribution in [0.15, 0.2) is 24.4 Å². The number of nitrogens with two attached hydrogens (primary N) is 1. The van der Waals surface area contributed by atoms with Crippen molar-refractivity contribution in [2.75, 3.05) is 6.54 Å². The summed E-state index contributed by atoms with van der Waals surface area (Å²) in [6, 6.07) is 5.47. The van der Waals surface area contributed by atoms with Gasteiger partial charge in [0, 0.05) is 17.1 Å². The van der Waals surface area contributed by atoms with Gasteiger partial charge in [0.05, 0.1) is 6.61 Å². The first-order valence-corrected chi connectivity index (χ1v) is 7.01. The number of H-pyrrole nitrogens is 1. The monoisotopic (exact) mass is 270 g/mol. The number of aromatic amines is 1. The summed E-state index contributed by atoms with van der Waals surface area (Å²) >= 11 is 0. The molecule has 0 saturated carbocycles. The van der Waals surface area contributed by atoms with Crippen molar-refractivity contribution >= 4 is 18.7 Å². The molecule has 0 aliphatic rings. The third kappa shape index (κ3) is 3.19. The van der Waals surface area contributed by atoms with Gasteiger partial charge in [0.2, 0.25) is 0 Å². The first-order valence-electron chi connectivity index (χ1n) is 5.48. The maximum Gasteiger partial charge on any atom is 0.469 e. The molecule has 0 aliphatic heterocycles. The van der Waals surface area contributed by atoms with E-state index >= 15 is 0 Å². The lowest BCUT2D eigenvalue weighted by atomic mass is 10.1. The summed E-state index contributed by atoms with van der Waals surface area (Å²) in [5.74, 6) is 0. The number of nitrogens with one attached hydrogen (secondary N) is 1. The average Bonchev–Trinajstić information content (AvgIpc) is 2.69. The van der Waals surface area contributed by atoms with Gasteiger partial charge in [-0.3, -0.25) is 4.52 Å². The number of phosphoric acid groups is 1. The van der Waals surface area contributed by atoms with Crippen LogP contribution < -0.4 is 5.73 Å². The molecular weight excluding hydrogens is 255 g/mol. The van der Waals surface area contributed by atoms with Crippen LogP contribution in [0.2, 0.25) is 0 Å². The molecule has 0 bridgehead atoms. The van der Waals surface area contributed by atoms with E-state index in [9.17, 15) is 4.57 Å². The van der Waals surface area contributed by atoms with Crippen molar-refractivity contribution in [3.05, 3.63) is 35.5 Å². The average molecular weight is 270 g/mol. The lowest BCUT2D eigenvalue weighted by Crippen LogP contribution is -2.01. The third-order valence-electron chi connectivity index (χ3n) is 2.64. The molecular formula is C11H15N2O4P. The molecule has 6 nitrogen and oxygen atoms in total. The topological polar surface area (TPSA) is 109 Å². The normalized spacial score (nSPS) is 12.2. The summed E-state index contributed by atoms with van der Waals surface area (Å²) in [5.41, 5.74) is 8.29. The van der Waals surface area contributed by atoms with E-state index in [4.69, 9.17) is 15.5 Å². The second-order valence-corrected chi connectivity index (χ2v) is 5.24. The van der Waals surface area contributed by atoms with Gasteiger partial charge in [-0.25, -0.2) is 4.57 Å². The molecule has 0 fully saturated rings. The largest absolute Gasteiger partial charge is 0.469 e. The van der Waals surface area contributed by atoms with Crippen molar-refractivity contribution in [1.82, 2.24) is 4.98 Å². The predicted octanol–water partition coefficient (Wildman–Crippen LogP) is 1.28. The van der Waals surface area contributed by atoms with Crippen molar-refractivity contribution in [1.29, 1.82) is 0 Å². The quantitative estimate of drug-likeness (QED) is 0.612. The highest BCUT2D eigenvalue weighted by Crippen LogP contribution is 2.37. The maximum absolute atomic E-state index is 10.6. The van der Waals surface area contributed by atoms with E-state index in [-0.39, 0.29) is 6.61 Å². The Hall–Kier alpha value is -1.17. The summed E-state index contributed by atoms with van der Waals surface area (Å²) in [4.78, 5) is 20.4. The summed E-state index contributed by atoms with van der Waals surface area (Å²) in [7, 11) is -4.43. The number of aromatic nitrogens is 1. The molecule has 0 atom stereocenters. The van der Waals surface area contributed by atoms with Gasteiger partial charge in [0.15, 0.2) is 0 Å². The SMILES string of the molecule is NCCc1c[nH]c2ccc(COP(=O)(O)O)cc12. The minimum Gasteiger partial charge on any atom is -0.361 e. The zero-order chi connectivity index (χ0) is 13.2. The van der Waals surface area contributed by atoms with Gasteiger partial charge in [-0.1, -0.05) is 6.07 Å². The lowest BCUT2D eigenvalue weighted by molar-refractivity contribution is 0.189. The molecule has 0 aliphatic carbocycles. The minimum absolute atomic E-state index is 0.118. The van der Waals surface area contributed by atoms with Crippen molar-refractivity contribution in [2.45, 2.75) is 13.0 Å². The minimum atomic E-state index is -4.43. The molecule has 7 heteroatoms. The van der Waals surface area contributed by atoms with E-state index in [0.717, 1.165) is 22.9 Å². The van der Waals surface area contributed by atoms with Gasteiger partial charge in [0.1, 0.15) is 0 Å². The van der Waals surface area contributed by atoms with Gasteiger partial charge in [-0.2, -0.15) is 0 Å². The Balaban J connectivity index is 2.25. The van der Waals surface area contributed by atoms with Gasteiger partial charge in [-0.15, -0.1) is 0 Å². The van der Waals surface area contributed by atoms with E-state index in [1.165, 1.54) is 0 Å². The fourth-order valence-corrected chi connectivity index (χ4v) is 2.15. The fraction of sp³-hybridized carbons (Fsp3) is 0.273. The summed E-state index contributed by atoms with van der Waals surface area (Å²) in [6.07, 6.45) is 2.65. The fourth-order valence-electron chi connectivity index (χ4n) is 1.84. The zero-order valence-corrected chi connectivity index (χ0v) is 10.6. The maximum atomic E-state index is 10.6.